The van der Waals surface area contributed by atoms with Crippen molar-refractivity contribution in [3.05, 3.63) is 93.0 Å². The fourth-order valence-electron chi connectivity index (χ4n) is 9.08. The van der Waals surface area contributed by atoms with Gasteiger partial charge in [0.1, 0.15) is 36.1 Å². The number of amides is 1. The Labute approximate surface area is 377 Å². The van der Waals surface area contributed by atoms with Crippen LogP contribution in [0.15, 0.2) is 42.5 Å². The van der Waals surface area contributed by atoms with Crippen LogP contribution in [0.2, 0.25) is 5.02 Å². The van der Waals surface area contributed by atoms with Crippen LogP contribution in [0.4, 0.5) is 45.3 Å². The van der Waals surface area contributed by atoms with Gasteiger partial charge in [0.2, 0.25) is 15.9 Å². The highest BCUT2D eigenvalue weighted by molar-refractivity contribution is 7.93. The van der Waals surface area contributed by atoms with Crippen molar-refractivity contribution in [3.63, 3.8) is 0 Å². The van der Waals surface area contributed by atoms with Crippen molar-refractivity contribution in [1.82, 2.24) is 29.9 Å². The lowest BCUT2D eigenvalue weighted by atomic mass is 9.73. The number of anilines is 1. The van der Waals surface area contributed by atoms with E-state index in [9.17, 15) is 52.4 Å². The molecule has 1 amide bonds. The molecule has 2 N–H and O–H groups in total. The maximum Gasteiger partial charge on any atom is 0.408 e. The molecule has 3 heterocycles. The van der Waals surface area contributed by atoms with Gasteiger partial charge in [-0.05, 0) is 94.5 Å². The average molecular weight is 994 g/mol. The third-order valence-corrected chi connectivity index (χ3v) is 16.4. The Balaban J connectivity index is 1.30. The molecule has 3 aliphatic rings. The molecule has 12 nitrogen and oxygen atoms in total. The SMILES string of the molecule is CC(C)(CCc1ccc(-c2ccc(Cl)c3c(NS(C)(=O)=O)nn(CC(F)(F)F)c23)c([C@H](Cc2cc(F)cc(F)c2)NC(=O)Cn2nc(C(F)F)c3c2C(F)(F)C2CC[C@H]32)n1)S(=O)(=O)C1CC1. The van der Waals surface area contributed by atoms with E-state index in [1.165, 1.54) is 24.3 Å². The molecule has 5 aromatic rings. The van der Waals surface area contributed by atoms with Crippen LogP contribution < -0.4 is 10.0 Å². The van der Waals surface area contributed by atoms with Gasteiger partial charge in [-0.25, -0.2) is 34.4 Å². The number of rotatable bonds is 16. The molecule has 0 radical (unpaired) electrons. The fourth-order valence-corrected chi connectivity index (χ4v) is 11.9. The van der Waals surface area contributed by atoms with Crippen LogP contribution in [0.1, 0.15) is 98.2 Å². The number of sulfone groups is 1. The summed E-state index contributed by atoms with van der Waals surface area (Å²) in [4.78, 5) is 19.0. The highest BCUT2D eigenvalue weighted by Crippen LogP contribution is 2.63. The number of aryl methyl sites for hydroxylation is 1. The van der Waals surface area contributed by atoms with Crippen LogP contribution in [0, 0.1) is 17.6 Å². The molecule has 3 atom stereocenters. The topological polar surface area (TPSA) is 158 Å². The normalized spacial score (nSPS) is 18.9. The Bertz CT molecular complexity index is 2970. The number of sulfonamides is 1. The Morgan fingerprint density at radius 3 is 2.18 bits per heavy atom. The van der Waals surface area contributed by atoms with Crippen LogP contribution in [-0.4, -0.2) is 69.7 Å². The van der Waals surface area contributed by atoms with Crippen molar-refractivity contribution >= 4 is 54.1 Å². The van der Waals surface area contributed by atoms with Crippen LogP contribution in [0.5, 0.6) is 0 Å². The second-order valence-electron chi connectivity index (χ2n) is 17.7. The zero-order chi connectivity index (χ0) is 48.1. The molecular formula is C42H41ClF9N7O5S2. The molecule has 2 aromatic carbocycles. The minimum atomic E-state index is -4.94. The third-order valence-electron chi connectivity index (χ3n) is 12.4. The number of nitrogens with one attached hydrogen (secondary N) is 2. The predicted octanol–water partition coefficient (Wildman–Crippen LogP) is 9.09. The molecule has 0 bridgehead atoms. The summed E-state index contributed by atoms with van der Waals surface area (Å²) >= 11 is 6.53. The van der Waals surface area contributed by atoms with E-state index in [-0.39, 0.29) is 75.3 Å². The van der Waals surface area contributed by atoms with Gasteiger partial charge in [-0.3, -0.25) is 23.9 Å². The third kappa shape index (κ3) is 9.10. The summed E-state index contributed by atoms with van der Waals surface area (Å²) in [7, 11) is -7.79. The molecule has 3 aliphatic carbocycles. The number of pyridine rings is 1. The van der Waals surface area contributed by atoms with Gasteiger partial charge < -0.3 is 5.32 Å². The van der Waals surface area contributed by atoms with Crippen LogP contribution in [0.3, 0.4) is 0 Å². The van der Waals surface area contributed by atoms with Gasteiger partial charge in [0, 0.05) is 34.4 Å². The van der Waals surface area contributed by atoms with E-state index in [0.717, 1.165) is 18.4 Å². The summed E-state index contributed by atoms with van der Waals surface area (Å²) in [5.74, 6) is -9.57. The molecular weight excluding hydrogens is 953 g/mol. The van der Waals surface area contributed by atoms with Crippen molar-refractivity contribution in [2.45, 2.75) is 112 Å². The first-order chi connectivity index (χ1) is 30.6. The van der Waals surface area contributed by atoms with Gasteiger partial charge in [-0.15, -0.1) is 0 Å². The van der Waals surface area contributed by atoms with E-state index in [0.29, 0.717) is 28.3 Å². The van der Waals surface area contributed by atoms with Gasteiger partial charge >= 0.3 is 6.18 Å². The van der Waals surface area contributed by atoms with Crippen molar-refractivity contribution in [1.29, 1.82) is 0 Å². The van der Waals surface area contributed by atoms with Gasteiger partial charge in [0.15, 0.2) is 15.7 Å². The number of halogens is 10. The Hall–Kier alpha value is -4.90. The number of carbonyl (C=O) groups excluding carboxylic acids is 1. The number of nitrogens with zero attached hydrogens (tertiary/aromatic N) is 5. The minimum absolute atomic E-state index is 0.0148. The summed E-state index contributed by atoms with van der Waals surface area (Å²) in [6, 6.07) is 6.19. The average Bonchev–Trinajstić information content (AvgIpc) is 3.86. The molecule has 8 rings (SSSR count). The summed E-state index contributed by atoms with van der Waals surface area (Å²) < 4.78 is 185. The maximum atomic E-state index is 15.8. The molecule has 3 aromatic heterocycles. The molecule has 0 saturated heterocycles. The first-order valence-corrected chi connectivity index (χ1v) is 24.5. The number of hydrogen-bond acceptors (Lipinski definition) is 8. The lowest BCUT2D eigenvalue weighted by Crippen LogP contribution is -2.36. The number of aromatic nitrogens is 5. The van der Waals surface area contributed by atoms with Gasteiger partial charge in [-0.1, -0.05) is 23.7 Å². The summed E-state index contributed by atoms with van der Waals surface area (Å²) in [5.41, 5.74) is -2.73. The number of benzene rings is 2. The standard InChI is InChI=1S/C42H41ClF9N7O5S2/c1-40(2,66(63,64)24-5-6-24)13-12-23-4-7-25(26-9-11-29(43)33-36(26)59(19-41(48,49)50)56-39(33)57-65(3,61)62)34(53-23)30(16-20-14-21(44)17-22(45)15-20)54-31(60)18-58-37-32(35(55-58)38(46)47)27-8-10-28(27)42(37,51)52/h4,7,9,11,14-15,17,24,27-28,30,38H,5-6,8,10,12-13,16,18-19H2,1-3H3,(H,54,60)(H,56,57)/t27-,28?,30-/m0/s1. The van der Waals surface area contributed by atoms with Crippen molar-refractivity contribution in [3.8, 4) is 11.1 Å². The zero-order valence-electron chi connectivity index (χ0n) is 35.2. The molecule has 356 valence electrons. The molecule has 66 heavy (non-hydrogen) atoms. The smallest absolute Gasteiger partial charge is 0.346 e. The second-order valence-corrected chi connectivity index (χ2v) is 22.7. The Morgan fingerprint density at radius 2 is 1.59 bits per heavy atom. The largest absolute Gasteiger partial charge is 0.408 e. The Morgan fingerprint density at radius 1 is 0.924 bits per heavy atom. The van der Waals surface area contributed by atoms with Crippen LogP contribution >= 0.6 is 11.6 Å². The summed E-state index contributed by atoms with van der Waals surface area (Å²) in [5, 5.41) is 9.23. The van der Waals surface area contributed by atoms with Gasteiger partial charge in [0.05, 0.1) is 43.9 Å². The van der Waals surface area contributed by atoms with E-state index in [2.05, 4.69) is 20.2 Å². The summed E-state index contributed by atoms with van der Waals surface area (Å²) in [6.07, 6.45) is -6.76. The lowest BCUT2D eigenvalue weighted by molar-refractivity contribution is -0.141. The number of hydrogen-bond donors (Lipinski definition) is 2. The second kappa shape index (κ2) is 16.7. The highest BCUT2D eigenvalue weighted by Gasteiger charge is 2.62. The number of alkyl halides is 7. The highest BCUT2D eigenvalue weighted by atomic mass is 35.5. The molecule has 2 fully saturated rings. The summed E-state index contributed by atoms with van der Waals surface area (Å²) in [6.45, 7) is 0.278. The van der Waals surface area contributed by atoms with E-state index in [1.54, 1.807) is 13.8 Å². The molecule has 0 spiro atoms. The first-order valence-electron chi connectivity index (χ1n) is 20.6. The van der Waals surface area contributed by atoms with E-state index < -0.39 is 121 Å². The minimum Gasteiger partial charge on any atom is -0.346 e. The fraction of sp³-hybridized carbons (Fsp3) is 0.476. The Kier molecular flexibility index (Phi) is 12.0. The number of carbonyl (C=O) groups is 1. The molecule has 1 unspecified atom stereocenters. The maximum absolute atomic E-state index is 15.8. The van der Waals surface area contributed by atoms with Crippen molar-refractivity contribution in [2.24, 2.45) is 5.92 Å². The van der Waals surface area contributed by atoms with Gasteiger partial charge in [-0.2, -0.15) is 32.1 Å². The van der Waals surface area contributed by atoms with Crippen LogP contribution in [0.25, 0.3) is 22.0 Å². The monoisotopic (exact) mass is 993 g/mol. The lowest BCUT2D eigenvalue weighted by Gasteiger charge is -2.34. The zero-order valence-corrected chi connectivity index (χ0v) is 37.6. The van der Waals surface area contributed by atoms with Crippen LogP contribution in [-0.2, 0) is 56.5 Å². The van der Waals surface area contributed by atoms with Gasteiger partial charge in [0.25, 0.3) is 12.3 Å². The van der Waals surface area contributed by atoms with E-state index in [1.807, 2.05) is 0 Å². The van der Waals surface area contributed by atoms with E-state index in [4.69, 9.17) is 16.6 Å². The quantitative estimate of drug-likeness (QED) is 0.0928. The van der Waals surface area contributed by atoms with E-state index >= 15 is 8.78 Å². The predicted molar refractivity (Wildman–Crippen MR) is 224 cm³/mol. The molecule has 24 heteroatoms. The number of fused-ring (bicyclic) bond motifs is 4. The van der Waals surface area contributed by atoms with Crippen molar-refractivity contribution < 1.29 is 61.1 Å². The van der Waals surface area contributed by atoms with Crippen molar-refractivity contribution in [2.75, 3.05) is 11.0 Å². The first kappa shape index (κ1) is 47.6. The molecule has 2 saturated carbocycles. The molecule has 0 aliphatic heterocycles.